The normalized spacial score (nSPS) is 15.6. The summed E-state index contributed by atoms with van der Waals surface area (Å²) in [5.74, 6) is -1.68. The Labute approximate surface area is 125 Å². The van der Waals surface area contributed by atoms with Crippen LogP contribution in [0.4, 0.5) is 13.2 Å². The van der Waals surface area contributed by atoms with Gasteiger partial charge >= 0.3 is 6.18 Å². The van der Waals surface area contributed by atoms with Gasteiger partial charge in [-0.2, -0.15) is 13.2 Å². The van der Waals surface area contributed by atoms with E-state index in [1.165, 1.54) is 6.92 Å². The fourth-order valence-electron chi connectivity index (χ4n) is 2.77. The third kappa shape index (κ3) is 5.04. The lowest BCUT2D eigenvalue weighted by molar-refractivity contribution is -0.144. The van der Waals surface area contributed by atoms with Gasteiger partial charge in [-0.15, -0.1) is 0 Å². The first-order valence-electron chi connectivity index (χ1n) is 7.59. The molecule has 1 N–H and O–H groups in total. The Hall–Kier alpha value is -1.00. The van der Waals surface area contributed by atoms with E-state index in [4.69, 9.17) is 0 Å². The van der Waals surface area contributed by atoms with E-state index in [0.717, 1.165) is 0 Å². The van der Waals surface area contributed by atoms with Crippen LogP contribution in [0.5, 0.6) is 0 Å². The number of aliphatic hydroxyl groups excluding tert-OH is 1. The number of Topliss-reactive ketones (excluding diaryl/α,β-unsaturated/α-hetero) is 1. The Balaban J connectivity index is 5.50. The first kappa shape index (κ1) is 20.0. The van der Waals surface area contributed by atoms with Gasteiger partial charge in [0, 0.05) is 16.9 Å². The monoisotopic (exact) mass is 308 g/mol. The largest absolute Gasteiger partial charge is 0.512 e. The van der Waals surface area contributed by atoms with E-state index >= 15 is 0 Å². The summed E-state index contributed by atoms with van der Waals surface area (Å²) in [7, 11) is 0. The van der Waals surface area contributed by atoms with Gasteiger partial charge in [-0.05, 0) is 32.6 Å². The first-order chi connectivity index (χ1) is 9.58. The van der Waals surface area contributed by atoms with Crippen molar-refractivity contribution in [3.63, 3.8) is 0 Å². The number of aliphatic hydroxyl groups is 1. The molecule has 124 valence electrons. The molecule has 0 fully saturated rings. The summed E-state index contributed by atoms with van der Waals surface area (Å²) < 4.78 is 37.6. The minimum Gasteiger partial charge on any atom is -0.512 e. The van der Waals surface area contributed by atoms with E-state index < -0.39 is 29.7 Å². The lowest BCUT2D eigenvalue weighted by Gasteiger charge is -2.30. The molecule has 0 rings (SSSR count). The van der Waals surface area contributed by atoms with E-state index in [1.54, 1.807) is 6.92 Å². The quantitative estimate of drug-likeness (QED) is 0.469. The number of allylic oxidation sites excluding steroid dienone is 2. The lowest BCUT2D eigenvalue weighted by atomic mass is 9.73. The SMILES string of the molecule is CCC(CC(F)(F)F)/C(O)=C(\C)C(=O)C(CC)(CC)CC. The van der Waals surface area contributed by atoms with Crippen molar-refractivity contribution in [3.8, 4) is 0 Å². The van der Waals surface area contributed by atoms with E-state index in [2.05, 4.69) is 0 Å². The second kappa shape index (κ2) is 7.85. The Morgan fingerprint density at radius 1 is 1.05 bits per heavy atom. The standard InChI is InChI=1S/C16H27F3O2/c1-6-12(10-16(17,18)19)13(20)11(5)14(21)15(7-2,8-3)9-4/h12,20H,6-10H2,1-5H3/b13-11-. The maximum absolute atomic E-state index is 12.6. The fourth-order valence-corrected chi connectivity index (χ4v) is 2.77. The lowest BCUT2D eigenvalue weighted by Crippen LogP contribution is -2.31. The molecule has 1 atom stereocenters. The predicted molar refractivity (Wildman–Crippen MR) is 78.1 cm³/mol. The fraction of sp³-hybridized carbons (Fsp3) is 0.812. The predicted octanol–water partition coefficient (Wildman–Crippen LogP) is 5.58. The number of ketones is 1. The van der Waals surface area contributed by atoms with Crippen LogP contribution in [0.1, 0.15) is 66.7 Å². The van der Waals surface area contributed by atoms with Gasteiger partial charge in [-0.3, -0.25) is 4.79 Å². The molecule has 0 aromatic carbocycles. The van der Waals surface area contributed by atoms with E-state index in [1.807, 2.05) is 20.8 Å². The van der Waals surface area contributed by atoms with E-state index in [0.29, 0.717) is 19.3 Å². The number of rotatable bonds is 8. The second-order valence-electron chi connectivity index (χ2n) is 5.60. The molecule has 0 aliphatic carbocycles. The molecule has 0 amide bonds. The van der Waals surface area contributed by atoms with Crippen LogP contribution in [0.2, 0.25) is 0 Å². The summed E-state index contributed by atoms with van der Waals surface area (Å²) in [6.07, 6.45) is -3.47. The summed E-state index contributed by atoms with van der Waals surface area (Å²) in [5.41, 5.74) is -0.508. The van der Waals surface area contributed by atoms with Crippen molar-refractivity contribution in [3.05, 3.63) is 11.3 Å². The van der Waals surface area contributed by atoms with Crippen LogP contribution >= 0.6 is 0 Å². The number of carbonyl (C=O) groups is 1. The second-order valence-corrected chi connectivity index (χ2v) is 5.60. The third-order valence-corrected chi connectivity index (χ3v) is 4.59. The van der Waals surface area contributed by atoms with Gasteiger partial charge in [0.25, 0.3) is 0 Å². The summed E-state index contributed by atoms with van der Waals surface area (Å²) in [6, 6.07) is 0. The molecule has 0 aromatic rings. The molecule has 2 nitrogen and oxygen atoms in total. The average molecular weight is 308 g/mol. The van der Waals surface area contributed by atoms with Gasteiger partial charge in [-0.1, -0.05) is 27.7 Å². The van der Waals surface area contributed by atoms with Crippen LogP contribution in [-0.4, -0.2) is 17.1 Å². The van der Waals surface area contributed by atoms with Gasteiger partial charge in [0.2, 0.25) is 0 Å². The highest BCUT2D eigenvalue weighted by Crippen LogP contribution is 2.37. The molecular formula is C16H27F3O2. The Bertz CT molecular complexity index is 371. The van der Waals surface area contributed by atoms with Gasteiger partial charge < -0.3 is 5.11 Å². The molecule has 0 heterocycles. The number of carbonyl (C=O) groups excluding carboxylic acids is 1. The van der Waals surface area contributed by atoms with Crippen molar-refractivity contribution in [1.82, 2.24) is 0 Å². The Morgan fingerprint density at radius 3 is 1.76 bits per heavy atom. The van der Waals surface area contributed by atoms with Gasteiger partial charge in [0.1, 0.15) is 5.76 Å². The topological polar surface area (TPSA) is 37.3 Å². The highest BCUT2D eigenvalue weighted by molar-refractivity contribution is 5.99. The summed E-state index contributed by atoms with van der Waals surface area (Å²) >= 11 is 0. The smallest absolute Gasteiger partial charge is 0.389 e. The zero-order valence-electron chi connectivity index (χ0n) is 13.6. The van der Waals surface area contributed by atoms with Crippen molar-refractivity contribution in [2.75, 3.05) is 0 Å². The molecule has 1 unspecified atom stereocenters. The first-order valence-corrected chi connectivity index (χ1v) is 7.59. The van der Waals surface area contributed by atoms with Crippen molar-refractivity contribution in [2.24, 2.45) is 11.3 Å². The molecule has 5 heteroatoms. The zero-order chi connectivity index (χ0) is 16.8. The number of hydrogen-bond donors (Lipinski definition) is 1. The summed E-state index contributed by atoms with van der Waals surface area (Å²) in [4.78, 5) is 12.6. The van der Waals surface area contributed by atoms with E-state index in [9.17, 15) is 23.1 Å². The molecule has 0 saturated heterocycles. The molecule has 0 aromatic heterocycles. The molecule has 0 spiro atoms. The summed E-state index contributed by atoms with van der Waals surface area (Å²) in [6.45, 7) is 8.69. The third-order valence-electron chi connectivity index (χ3n) is 4.59. The Kier molecular flexibility index (Phi) is 7.48. The van der Waals surface area contributed by atoms with Gasteiger partial charge in [-0.25, -0.2) is 0 Å². The number of alkyl halides is 3. The zero-order valence-corrected chi connectivity index (χ0v) is 13.6. The molecule has 21 heavy (non-hydrogen) atoms. The van der Waals surface area contributed by atoms with E-state index in [-0.39, 0.29) is 17.8 Å². The molecule has 0 bridgehead atoms. The summed E-state index contributed by atoms with van der Waals surface area (Å²) in [5, 5.41) is 10.1. The van der Waals surface area contributed by atoms with Crippen molar-refractivity contribution in [1.29, 1.82) is 0 Å². The van der Waals surface area contributed by atoms with Gasteiger partial charge in [0.05, 0.1) is 6.42 Å². The van der Waals surface area contributed by atoms with Crippen LogP contribution < -0.4 is 0 Å². The highest BCUT2D eigenvalue weighted by atomic mass is 19.4. The van der Waals surface area contributed by atoms with Crippen LogP contribution in [0.25, 0.3) is 0 Å². The highest BCUT2D eigenvalue weighted by Gasteiger charge is 2.37. The van der Waals surface area contributed by atoms with Crippen molar-refractivity contribution in [2.45, 2.75) is 72.9 Å². The van der Waals surface area contributed by atoms with Crippen LogP contribution in [0.3, 0.4) is 0 Å². The number of halogens is 3. The van der Waals surface area contributed by atoms with Crippen molar-refractivity contribution < 1.29 is 23.1 Å². The average Bonchev–Trinajstić information content (AvgIpc) is 2.44. The minimum absolute atomic E-state index is 0.0802. The maximum Gasteiger partial charge on any atom is 0.389 e. The van der Waals surface area contributed by atoms with Crippen LogP contribution in [0, 0.1) is 11.3 Å². The number of hydrogen-bond acceptors (Lipinski definition) is 2. The maximum atomic E-state index is 12.6. The van der Waals surface area contributed by atoms with Crippen molar-refractivity contribution >= 4 is 5.78 Å². The molecule has 0 aliphatic rings. The minimum atomic E-state index is -4.35. The van der Waals surface area contributed by atoms with Gasteiger partial charge in [0.15, 0.2) is 5.78 Å². The molecule has 0 radical (unpaired) electrons. The molecule has 0 aliphatic heterocycles. The molecule has 0 saturated carbocycles. The molecular weight excluding hydrogens is 281 g/mol. The Morgan fingerprint density at radius 2 is 1.48 bits per heavy atom. The van der Waals surface area contributed by atoms with Crippen LogP contribution in [0.15, 0.2) is 11.3 Å². The van der Waals surface area contributed by atoms with Crippen LogP contribution in [-0.2, 0) is 4.79 Å².